The lowest BCUT2D eigenvalue weighted by Gasteiger charge is -2.21. The van der Waals surface area contributed by atoms with E-state index < -0.39 is 18.0 Å². The molecule has 1 rings (SSSR count). The molecule has 6 nitrogen and oxygen atoms in total. The molecule has 0 aliphatic rings. The Balaban J connectivity index is 2.69. The number of nitrogens with zero attached hydrogens (tertiary/aromatic N) is 1. The van der Waals surface area contributed by atoms with E-state index in [-0.39, 0.29) is 0 Å². The number of anilines is 1. The summed E-state index contributed by atoms with van der Waals surface area (Å²) >= 11 is 1.54. The van der Waals surface area contributed by atoms with Crippen molar-refractivity contribution in [3.8, 4) is 5.75 Å². The minimum absolute atomic E-state index is 0.388. The van der Waals surface area contributed by atoms with E-state index in [4.69, 9.17) is 9.84 Å². The normalized spacial score (nSPS) is 11.6. The smallest absolute Gasteiger partial charge is 0.326 e. The zero-order valence-electron chi connectivity index (χ0n) is 12.3. The highest BCUT2D eigenvalue weighted by Crippen LogP contribution is 2.18. The van der Waals surface area contributed by atoms with Crippen LogP contribution in [0.2, 0.25) is 0 Å². The van der Waals surface area contributed by atoms with Gasteiger partial charge in [-0.1, -0.05) is 0 Å². The van der Waals surface area contributed by atoms with Crippen LogP contribution in [0.25, 0.3) is 0 Å². The second kappa shape index (κ2) is 8.41. The molecule has 1 atom stereocenters. The molecule has 2 N–H and O–H groups in total. The van der Waals surface area contributed by atoms with Crippen LogP contribution in [0.3, 0.4) is 0 Å². The van der Waals surface area contributed by atoms with Crippen molar-refractivity contribution >= 4 is 29.4 Å². The van der Waals surface area contributed by atoms with E-state index in [0.717, 1.165) is 0 Å². The van der Waals surface area contributed by atoms with Crippen LogP contribution in [-0.4, -0.2) is 49.3 Å². The fourth-order valence-corrected chi connectivity index (χ4v) is 2.13. The molecule has 2 amide bonds. The maximum absolute atomic E-state index is 12.1. The number of ether oxygens (including phenoxy) is 1. The molecule has 0 spiro atoms. The number of methoxy groups -OCH3 is 1. The van der Waals surface area contributed by atoms with Crippen LogP contribution in [0.5, 0.6) is 5.75 Å². The Morgan fingerprint density at radius 2 is 2.00 bits per heavy atom. The van der Waals surface area contributed by atoms with Gasteiger partial charge in [-0.05, 0) is 42.7 Å². The van der Waals surface area contributed by atoms with Crippen molar-refractivity contribution in [3.63, 3.8) is 0 Å². The summed E-state index contributed by atoms with van der Waals surface area (Å²) in [4.78, 5) is 24.6. The summed E-state index contributed by atoms with van der Waals surface area (Å²) in [6.07, 6.45) is 2.28. The van der Waals surface area contributed by atoms with Crippen LogP contribution < -0.4 is 15.0 Å². The van der Waals surface area contributed by atoms with Crippen LogP contribution in [-0.2, 0) is 4.79 Å². The van der Waals surface area contributed by atoms with Gasteiger partial charge < -0.3 is 15.2 Å². The Morgan fingerprint density at radius 1 is 1.38 bits per heavy atom. The minimum Gasteiger partial charge on any atom is -0.497 e. The highest BCUT2D eigenvalue weighted by molar-refractivity contribution is 7.98. The first kappa shape index (κ1) is 17.2. The molecule has 0 aliphatic carbocycles. The van der Waals surface area contributed by atoms with E-state index in [2.05, 4.69) is 5.32 Å². The van der Waals surface area contributed by atoms with Crippen molar-refractivity contribution in [2.75, 3.05) is 31.1 Å². The monoisotopic (exact) mass is 312 g/mol. The van der Waals surface area contributed by atoms with Crippen molar-refractivity contribution in [1.82, 2.24) is 5.32 Å². The molecule has 0 radical (unpaired) electrons. The van der Waals surface area contributed by atoms with Gasteiger partial charge in [-0.15, -0.1) is 0 Å². The third-order valence-corrected chi connectivity index (χ3v) is 3.61. The van der Waals surface area contributed by atoms with Gasteiger partial charge >= 0.3 is 12.0 Å². The van der Waals surface area contributed by atoms with Crippen LogP contribution >= 0.6 is 11.8 Å². The highest BCUT2D eigenvalue weighted by Gasteiger charge is 2.21. The first-order valence-electron chi connectivity index (χ1n) is 6.39. The predicted octanol–water partition coefficient (Wildman–Crippen LogP) is 2.05. The molecule has 7 heteroatoms. The summed E-state index contributed by atoms with van der Waals surface area (Å²) in [5.41, 5.74) is 0.655. The molecule has 1 aromatic carbocycles. The topological polar surface area (TPSA) is 78.9 Å². The van der Waals surface area contributed by atoms with Gasteiger partial charge in [0.15, 0.2) is 0 Å². The number of urea groups is 1. The highest BCUT2D eigenvalue weighted by atomic mass is 32.2. The molecule has 0 fully saturated rings. The predicted molar refractivity (Wildman–Crippen MR) is 84.4 cm³/mol. The lowest BCUT2D eigenvalue weighted by molar-refractivity contribution is -0.139. The second-order valence-electron chi connectivity index (χ2n) is 4.38. The molecule has 21 heavy (non-hydrogen) atoms. The molecular weight excluding hydrogens is 292 g/mol. The number of nitrogens with one attached hydrogen (secondary N) is 1. The molecule has 0 heterocycles. The minimum atomic E-state index is -1.03. The van der Waals surface area contributed by atoms with Gasteiger partial charge in [0, 0.05) is 12.7 Å². The summed E-state index contributed by atoms with van der Waals surface area (Å²) < 4.78 is 5.05. The third-order valence-electron chi connectivity index (χ3n) is 2.97. The van der Waals surface area contributed by atoms with Gasteiger partial charge in [-0.3, -0.25) is 4.90 Å². The van der Waals surface area contributed by atoms with E-state index in [1.807, 2.05) is 6.26 Å². The zero-order chi connectivity index (χ0) is 15.8. The molecule has 0 aromatic heterocycles. The number of aliphatic carboxylic acids is 1. The molecule has 116 valence electrons. The largest absolute Gasteiger partial charge is 0.497 e. The number of carbonyl (C=O) groups excluding carboxylic acids is 1. The van der Waals surface area contributed by atoms with Crippen LogP contribution in [0.1, 0.15) is 6.42 Å². The lowest BCUT2D eigenvalue weighted by atomic mass is 10.2. The number of hydrogen-bond donors (Lipinski definition) is 2. The van der Waals surface area contributed by atoms with Gasteiger partial charge in [0.2, 0.25) is 0 Å². The number of hydrogen-bond acceptors (Lipinski definition) is 4. The number of benzene rings is 1. The molecule has 0 aliphatic heterocycles. The summed E-state index contributed by atoms with van der Waals surface area (Å²) in [5.74, 6) is 0.334. The van der Waals surface area contributed by atoms with E-state index in [1.54, 1.807) is 50.2 Å². The van der Waals surface area contributed by atoms with Crippen LogP contribution in [0, 0.1) is 0 Å². The van der Waals surface area contributed by atoms with E-state index >= 15 is 0 Å². The first-order valence-corrected chi connectivity index (χ1v) is 7.79. The summed E-state index contributed by atoms with van der Waals surface area (Å²) in [6, 6.07) is 5.61. The van der Waals surface area contributed by atoms with Gasteiger partial charge in [0.25, 0.3) is 0 Å². The molecule has 1 aromatic rings. The van der Waals surface area contributed by atoms with Gasteiger partial charge in [-0.2, -0.15) is 11.8 Å². The molecule has 0 bridgehead atoms. The second-order valence-corrected chi connectivity index (χ2v) is 5.36. The number of amides is 2. The fraction of sp³-hybridized carbons (Fsp3) is 0.429. The van der Waals surface area contributed by atoms with Crippen molar-refractivity contribution in [1.29, 1.82) is 0 Å². The average Bonchev–Trinajstić information content (AvgIpc) is 2.50. The molecule has 0 saturated heterocycles. The SMILES string of the molecule is COc1ccc(N(C)C(=O)N[C@@H](CCSC)C(=O)O)cc1. The Bertz CT molecular complexity index is 478. The first-order chi connectivity index (χ1) is 9.99. The fourth-order valence-electron chi connectivity index (χ4n) is 1.66. The Hall–Kier alpha value is -1.89. The maximum Gasteiger partial charge on any atom is 0.326 e. The number of carboxylic acids is 1. The maximum atomic E-state index is 12.1. The average molecular weight is 312 g/mol. The van der Waals surface area contributed by atoms with Crippen molar-refractivity contribution in [2.45, 2.75) is 12.5 Å². The van der Waals surface area contributed by atoms with E-state index in [1.165, 1.54) is 4.90 Å². The summed E-state index contributed by atoms with van der Waals surface area (Å²) in [7, 11) is 3.15. The van der Waals surface area contributed by atoms with E-state index in [9.17, 15) is 9.59 Å². The van der Waals surface area contributed by atoms with E-state index in [0.29, 0.717) is 23.6 Å². The lowest BCUT2D eigenvalue weighted by Crippen LogP contribution is -2.47. The Morgan fingerprint density at radius 3 is 2.48 bits per heavy atom. The number of thioether (sulfide) groups is 1. The summed E-state index contributed by atoms with van der Waals surface area (Å²) in [5, 5.41) is 11.6. The van der Waals surface area contributed by atoms with Crippen molar-refractivity contribution < 1.29 is 19.4 Å². The van der Waals surface area contributed by atoms with Gasteiger partial charge in [0.05, 0.1) is 7.11 Å². The number of rotatable bonds is 7. The van der Waals surface area contributed by atoms with Crippen LogP contribution in [0.15, 0.2) is 24.3 Å². The van der Waals surface area contributed by atoms with Crippen molar-refractivity contribution in [2.24, 2.45) is 0 Å². The standard InChI is InChI=1S/C14H20N2O4S/c1-16(10-4-6-11(20-2)7-5-10)14(19)15-12(13(17)18)8-9-21-3/h4-7,12H,8-9H2,1-3H3,(H,15,19)(H,17,18)/t12-/m0/s1. The summed E-state index contributed by atoms with van der Waals surface area (Å²) in [6.45, 7) is 0. The van der Waals surface area contributed by atoms with Gasteiger partial charge in [-0.25, -0.2) is 9.59 Å². The Labute approximate surface area is 128 Å². The van der Waals surface area contributed by atoms with Gasteiger partial charge in [0.1, 0.15) is 11.8 Å². The number of carbonyl (C=O) groups is 2. The number of carboxylic acid groups (broad SMARTS) is 1. The zero-order valence-corrected chi connectivity index (χ0v) is 13.1. The van der Waals surface area contributed by atoms with Crippen molar-refractivity contribution in [3.05, 3.63) is 24.3 Å². The van der Waals surface area contributed by atoms with Crippen LogP contribution in [0.4, 0.5) is 10.5 Å². The molecular formula is C14H20N2O4S. The third kappa shape index (κ3) is 5.18. The molecule has 0 unspecified atom stereocenters. The Kier molecular flexibility index (Phi) is 6.87. The molecule has 0 saturated carbocycles. The quantitative estimate of drug-likeness (QED) is 0.805.